The van der Waals surface area contributed by atoms with Gasteiger partial charge in [0.2, 0.25) is 15.9 Å². The topological polar surface area (TPSA) is 87.7 Å². The summed E-state index contributed by atoms with van der Waals surface area (Å²) >= 11 is 0. The highest BCUT2D eigenvalue weighted by molar-refractivity contribution is 7.89. The van der Waals surface area contributed by atoms with Gasteiger partial charge in [0.1, 0.15) is 5.75 Å². The molecular formula is C22H29N3O4S. The number of carbonyl (C=O) groups excluding carboxylic acids is 1. The van der Waals surface area contributed by atoms with Crippen LogP contribution in [0, 0.1) is 0 Å². The molecule has 1 heterocycles. The van der Waals surface area contributed by atoms with Gasteiger partial charge in [-0.1, -0.05) is 19.1 Å². The van der Waals surface area contributed by atoms with Crippen LogP contribution in [-0.4, -0.2) is 46.0 Å². The molecule has 2 aromatic carbocycles. The summed E-state index contributed by atoms with van der Waals surface area (Å²) in [6.07, 6.45) is 2.58. The summed E-state index contributed by atoms with van der Waals surface area (Å²) in [5.74, 6) is 0.639. The summed E-state index contributed by atoms with van der Waals surface area (Å²) in [5.41, 5.74) is 1.60. The van der Waals surface area contributed by atoms with Gasteiger partial charge in [-0.05, 0) is 67.9 Å². The molecule has 0 radical (unpaired) electrons. The number of carbonyl (C=O) groups is 1. The third-order valence-electron chi connectivity index (χ3n) is 5.30. The van der Waals surface area contributed by atoms with Gasteiger partial charge in [-0.2, -0.15) is 0 Å². The van der Waals surface area contributed by atoms with Crippen molar-refractivity contribution in [3.63, 3.8) is 0 Å². The molecular weight excluding hydrogens is 402 g/mol. The smallest absolute Gasteiger partial charge is 0.240 e. The SMILES string of the molecule is CCC(=O)Nc1ccc(S(=O)(=O)NCC(c2cccc(OC)c2)N2CCCC2)cc1. The first-order valence-electron chi connectivity index (χ1n) is 10.2. The van der Waals surface area contributed by atoms with Crippen LogP contribution >= 0.6 is 0 Å². The van der Waals surface area contributed by atoms with Crippen LogP contribution in [0.1, 0.15) is 37.8 Å². The lowest BCUT2D eigenvalue weighted by atomic mass is 10.1. The number of nitrogens with one attached hydrogen (secondary N) is 2. The summed E-state index contributed by atoms with van der Waals surface area (Å²) in [5, 5.41) is 2.72. The Balaban J connectivity index is 1.74. The van der Waals surface area contributed by atoms with Crippen LogP contribution in [0.25, 0.3) is 0 Å². The molecule has 0 aromatic heterocycles. The predicted molar refractivity (Wildman–Crippen MR) is 117 cm³/mol. The van der Waals surface area contributed by atoms with E-state index in [-0.39, 0.29) is 23.4 Å². The van der Waals surface area contributed by atoms with E-state index in [0.717, 1.165) is 37.2 Å². The maximum Gasteiger partial charge on any atom is 0.240 e. The molecule has 1 unspecified atom stereocenters. The molecule has 1 aliphatic heterocycles. The van der Waals surface area contributed by atoms with Crippen LogP contribution in [0.2, 0.25) is 0 Å². The van der Waals surface area contributed by atoms with Crippen molar-refractivity contribution in [2.45, 2.75) is 37.1 Å². The van der Waals surface area contributed by atoms with Gasteiger partial charge in [0.25, 0.3) is 0 Å². The van der Waals surface area contributed by atoms with Crippen molar-refractivity contribution < 1.29 is 17.9 Å². The summed E-state index contributed by atoms with van der Waals surface area (Å²) in [4.78, 5) is 14.0. The predicted octanol–water partition coefficient (Wildman–Crippen LogP) is 3.16. The third kappa shape index (κ3) is 5.59. The van der Waals surface area contributed by atoms with E-state index in [1.165, 1.54) is 12.1 Å². The number of amides is 1. The lowest BCUT2D eigenvalue weighted by Crippen LogP contribution is -2.36. The first-order chi connectivity index (χ1) is 14.4. The number of sulfonamides is 1. The Hall–Kier alpha value is -2.42. The average Bonchev–Trinajstić information content (AvgIpc) is 3.29. The van der Waals surface area contributed by atoms with E-state index in [0.29, 0.717) is 12.1 Å². The summed E-state index contributed by atoms with van der Waals surface area (Å²) < 4.78 is 33.8. The number of likely N-dealkylation sites (tertiary alicyclic amines) is 1. The molecule has 0 aliphatic carbocycles. The number of benzene rings is 2. The molecule has 1 saturated heterocycles. The van der Waals surface area contributed by atoms with Crippen LogP contribution in [0.15, 0.2) is 53.4 Å². The highest BCUT2D eigenvalue weighted by Gasteiger charge is 2.26. The summed E-state index contributed by atoms with van der Waals surface area (Å²) in [7, 11) is -2.06. The van der Waals surface area contributed by atoms with E-state index in [2.05, 4.69) is 14.9 Å². The van der Waals surface area contributed by atoms with Crippen LogP contribution < -0.4 is 14.8 Å². The molecule has 1 atom stereocenters. The van der Waals surface area contributed by atoms with Crippen molar-refractivity contribution in [3.8, 4) is 5.75 Å². The van der Waals surface area contributed by atoms with Crippen molar-refractivity contribution in [2.24, 2.45) is 0 Å². The summed E-state index contributed by atoms with van der Waals surface area (Å²) in [6.45, 7) is 3.91. The first-order valence-corrected chi connectivity index (χ1v) is 11.7. The highest BCUT2D eigenvalue weighted by Crippen LogP contribution is 2.27. The fraction of sp³-hybridized carbons (Fsp3) is 0.409. The molecule has 2 aromatic rings. The van der Waals surface area contributed by atoms with E-state index in [1.54, 1.807) is 26.2 Å². The molecule has 7 nitrogen and oxygen atoms in total. The molecule has 1 fully saturated rings. The van der Waals surface area contributed by atoms with Crippen LogP contribution in [-0.2, 0) is 14.8 Å². The number of ether oxygens (including phenoxy) is 1. The second-order valence-corrected chi connectivity index (χ2v) is 9.08. The van der Waals surface area contributed by atoms with E-state index in [4.69, 9.17) is 4.74 Å². The van der Waals surface area contributed by atoms with Gasteiger partial charge in [-0.25, -0.2) is 13.1 Å². The number of hydrogen-bond acceptors (Lipinski definition) is 5. The van der Waals surface area contributed by atoms with Crippen molar-refractivity contribution >= 4 is 21.6 Å². The zero-order valence-electron chi connectivity index (χ0n) is 17.4. The van der Waals surface area contributed by atoms with Crippen molar-refractivity contribution in [2.75, 3.05) is 32.1 Å². The first kappa shape index (κ1) is 22.3. The minimum Gasteiger partial charge on any atom is -0.497 e. The molecule has 1 amide bonds. The van der Waals surface area contributed by atoms with Crippen LogP contribution in [0.4, 0.5) is 5.69 Å². The minimum atomic E-state index is -3.68. The number of nitrogens with zero attached hydrogens (tertiary/aromatic N) is 1. The largest absolute Gasteiger partial charge is 0.497 e. The van der Waals surface area contributed by atoms with E-state index < -0.39 is 10.0 Å². The summed E-state index contributed by atoms with van der Waals surface area (Å²) in [6, 6.07) is 13.9. The number of rotatable bonds is 9. The molecule has 8 heteroatoms. The van der Waals surface area contributed by atoms with Gasteiger partial charge in [-0.15, -0.1) is 0 Å². The fourth-order valence-corrected chi connectivity index (χ4v) is 4.64. The molecule has 162 valence electrons. The number of methoxy groups -OCH3 is 1. The molecule has 0 spiro atoms. The van der Waals surface area contributed by atoms with Gasteiger partial charge in [0, 0.05) is 24.7 Å². The second-order valence-electron chi connectivity index (χ2n) is 7.31. The van der Waals surface area contributed by atoms with E-state index >= 15 is 0 Å². The molecule has 0 bridgehead atoms. The minimum absolute atomic E-state index is 0.0690. The van der Waals surface area contributed by atoms with Gasteiger partial charge in [0.05, 0.1) is 12.0 Å². The van der Waals surface area contributed by atoms with Crippen LogP contribution in [0.5, 0.6) is 5.75 Å². The van der Waals surface area contributed by atoms with E-state index in [9.17, 15) is 13.2 Å². The molecule has 30 heavy (non-hydrogen) atoms. The highest BCUT2D eigenvalue weighted by atomic mass is 32.2. The van der Waals surface area contributed by atoms with Crippen molar-refractivity contribution in [1.29, 1.82) is 0 Å². The van der Waals surface area contributed by atoms with Crippen molar-refractivity contribution in [3.05, 3.63) is 54.1 Å². The third-order valence-corrected chi connectivity index (χ3v) is 6.74. The van der Waals surface area contributed by atoms with Gasteiger partial charge >= 0.3 is 0 Å². The molecule has 2 N–H and O–H groups in total. The zero-order valence-corrected chi connectivity index (χ0v) is 18.2. The quantitative estimate of drug-likeness (QED) is 0.637. The van der Waals surface area contributed by atoms with Gasteiger partial charge in [-0.3, -0.25) is 9.69 Å². The monoisotopic (exact) mass is 431 g/mol. The zero-order chi connectivity index (χ0) is 21.6. The second kappa shape index (κ2) is 10.1. The number of anilines is 1. The molecule has 0 saturated carbocycles. The van der Waals surface area contributed by atoms with E-state index in [1.807, 2.05) is 24.3 Å². The standard InChI is InChI=1S/C22H29N3O4S/c1-3-22(26)24-18-9-11-20(12-10-18)30(27,28)23-16-21(25-13-4-5-14-25)17-7-6-8-19(15-17)29-2/h6-12,15,21,23H,3-5,13-14,16H2,1-2H3,(H,24,26). The lowest BCUT2D eigenvalue weighted by Gasteiger charge is -2.28. The Morgan fingerprint density at radius 2 is 1.83 bits per heavy atom. The number of hydrogen-bond donors (Lipinski definition) is 2. The Kier molecular flexibility index (Phi) is 7.47. The molecule has 3 rings (SSSR count). The maximum atomic E-state index is 12.9. The fourth-order valence-electron chi connectivity index (χ4n) is 3.60. The van der Waals surface area contributed by atoms with Gasteiger partial charge in [0.15, 0.2) is 0 Å². The Bertz CT molecular complexity index is 955. The van der Waals surface area contributed by atoms with Crippen LogP contribution in [0.3, 0.4) is 0 Å². The lowest BCUT2D eigenvalue weighted by molar-refractivity contribution is -0.115. The Morgan fingerprint density at radius 3 is 2.47 bits per heavy atom. The Labute approximate surface area is 178 Å². The molecule has 1 aliphatic rings. The normalized spacial score (nSPS) is 15.7. The van der Waals surface area contributed by atoms with Gasteiger partial charge < -0.3 is 10.1 Å². The van der Waals surface area contributed by atoms with Crippen molar-refractivity contribution in [1.82, 2.24) is 9.62 Å². The average molecular weight is 432 g/mol. The Morgan fingerprint density at radius 1 is 1.13 bits per heavy atom. The maximum absolute atomic E-state index is 12.9.